The molecule has 0 radical (unpaired) electrons. The summed E-state index contributed by atoms with van der Waals surface area (Å²) in [5.41, 5.74) is 14.9. The lowest BCUT2D eigenvalue weighted by Crippen LogP contribution is -2.39. The Hall–Kier alpha value is -2.14. The lowest BCUT2D eigenvalue weighted by molar-refractivity contribution is 0.0300. The maximum atomic E-state index is 6.24. The number of ether oxygens (including phenoxy) is 1. The predicted octanol–water partition coefficient (Wildman–Crippen LogP) is 2.40. The number of hydrogen-bond donors (Lipinski definition) is 4. The first-order chi connectivity index (χ1) is 16.5. The molecule has 0 aromatic heterocycles. The molecule has 0 spiro atoms. The van der Waals surface area contributed by atoms with Gasteiger partial charge in [-0.1, -0.05) is 18.6 Å². The monoisotopic (exact) mass is 490 g/mol. The molecule has 0 aromatic rings. The second-order valence-electron chi connectivity index (χ2n) is 8.20. The molecule has 1 saturated heterocycles. The minimum Gasteiger partial charge on any atom is -0.376 e. The zero-order valence-corrected chi connectivity index (χ0v) is 22.0. The highest BCUT2D eigenvalue weighted by Gasteiger charge is 2.32. The van der Waals surface area contributed by atoms with Gasteiger partial charge in [0.05, 0.1) is 26.0 Å². The maximum Gasteiger partial charge on any atom is 0.131 e. The van der Waals surface area contributed by atoms with Crippen LogP contribution in [-0.4, -0.2) is 76.1 Å². The van der Waals surface area contributed by atoms with E-state index < -0.39 is 0 Å². The van der Waals surface area contributed by atoms with Crippen LogP contribution in [0.2, 0.25) is 0 Å². The highest BCUT2D eigenvalue weighted by molar-refractivity contribution is 8.02. The summed E-state index contributed by atoms with van der Waals surface area (Å²) in [6.45, 7) is 10.7. The number of fused-ring (bicyclic) bond motifs is 1. The third-order valence-corrected chi connectivity index (χ3v) is 6.88. The second kappa shape index (κ2) is 15.0. The smallest absolute Gasteiger partial charge is 0.131 e. The van der Waals surface area contributed by atoms with E-state index in [1.165, 1.54) is 5.57 Å². The van der Waals surface area contributed by atoms with Crippen molar-refractivity contribution in [3.05, 3.63) is 33.8 Å². The van der Waals surface area contributed by atoms with Crippen molar-refractivity contribution >= 4 is 30.5 Å². The third kappa shape index (κ3) is 7.69. The number of thioether (sulfide) groups is 1. The Morgan fingerprint density at radius 2 is 2.21 bits per heavy atom. The van der Waals surface area contributed by atoms with Gasteiger partial charge in [0.2, 0.25) is 0 Å². The quantitative estimate of drug-likeness (QED) is 0.152. The Kier molecular flexibility index (Phi) is 12.4. The van der Waals surface area contributed by atoms with Gasteiger partial charge in [0.25, 0.3) is 0 Å². The van der Waals surface area contributed by atoms with Crippen LogP contribution in [0.4, 0.5) is 0 Å². The molecule has 9 nitrogen and oxygen atoms in total. The lowest BCUT2D eigenvalue weighted by Gasteiger charge is -2.32. The van der Waals surface area contributed by atoms with E-state index >= 15 is 0 Å². The Balaban J connectivity index is 2.14. The van der Waals surface area contributed by atoms with Gasteiger partial charge < -0.3 is 31.7 Å². The van der Waals surface area contributed by atoms with Gasteiger partial charge in [0.1, 0.15) is 16.7 Å². The van der Waals surface area contributed by atoms with Crippen LogP contribution in [0.25, 0.3) is 0 Å². The van der Waals surface area contributed by atoms with Gasteiger partial charge in [0.15, 0.2) is 0 Å². The normalized spacial score (nSPS) is 22.9. The molecule has 2 aliphatic rings. The molecule has 0 amide bonds. The summed E-state index contributed by atoms with van der Waals surface area (Å²) in [7, 11) is 1.84. The van der Waals surface area contributed by atoms with Crippen LogP contribution in [0.15, 0.2) is 48.7 Å². The fraction of sp³-hybridized carbons (Fsp3) is 0.625. The summed E-state index contributed by atoms with van der Waals surface area (Å²) in [5.74, 6) is 1.94. The molecule has 1 fully saturated rings. The van der Waals surface area contributed by atoms with Crippen LogP contribution in [0.5, 0.6) is 0 Å². The van der Waals surface area contributed by atoms with Crippen molar-refractivity contribution in [2.75, 3.05) is 46.3 Å². The van der Waals surface area contributed by atoms with Crippen molar-refractivity contribution in [3.63, 3.8) is 0 Å². The third-order valence-electron chi connectivity index (χ3n) is 6.15. The van der Waals surface area contributed by atoms with Crippen molar-refractivity contribution in [1.82, 2.24) is 15.5 Å². The molecule has 6 N–H and O–H groups in total. The molecular formula is C24H42N8OS. The number of nitrogens with two attached hydrogens (primary N) is 2. The molecule has 1 heterocycles. The summed E-state index contributed by atoms with van der Waals surface area (Å²) in [6.07, 6.45) is 10.2. The van der Waals surface area contributed by atoms with E-state index in [2.05, 4.69) is 45.2 Å². The Morgan fingerprint density at radius 1 is 1.41 bits per heavy atom. The maximum absolute atomic E-state index is 6.24. The van der Waals surface area contributed by atoms with E-state index in [1.807, 2.05) is 26.4 Å². The van der Waals surface area contributed by atoms with E-state index in [9.17, 15) is 0 Å². The molecule has 0 aromatic carbocycles. The number of allylic oxidation sites excluding steroid dienone is 2. The number of aliphatic imine (C=N–C) groups is 3. The fourth-order valence-corrected chi connectivity index (χ4v) is 5.11. The number of amidine groups is 1. The van der Waals surface area contributed by atoms with Crippen molar-refractivity contribution < 1.29 is 4.74 Å². The highest BCUT2D eigenvalue weighted by atomic mass is 32.2. The van der Waals surface area contributed by atoms with Gasteiger partial charge in [-0.25, -0.2) is 4.99 Å². The van der Waals surface area contributed by atoms with Crippen LogP contribution >= 0.6 is 11.8 Å². The van der Waals surface area contributed by atoms with Crippen LogP contribution in [0.1, 0.15) is 39.5 Å². The van der Waals surface area contributed by atoms with Crippen molar-refractivity contribution in [3.8, 4) is 0 Å². The first-order valence-corrected chi connectivity index (χ1v) is 13.1. The molecule has 34 heavy (non-hydrogen) atoms. The van der Waals surface area contributed by atoms with Gasteiger partial charge in [-0.3, -0.25) is 9.98 Å². The molecule has 1 aliphatic heterocycles. The molecule has 10 heteroatoms. The molecule has 2 rings (SSSR count). The van der Waals surface area contributed by atoms with Gasteiger partial charge in [-0.2, -0.15) is 0 Å². The van der Waals surface area contributed by atoms with Gasteiger partial charge in [-0.05, 0) is 39.2 Å². The van der Waals surface area contributed by atoms with Crippen molar-refractivity contribution in [1.29, 1.82) is 0 Å². The van der Waals surface area contributed by atoms with Gasteiger partial charge >= 0.3 is 0 Å². The van der Waals surface area contributed by atoms with E-state index in [0.29, 0.717) is 25.0 Å². The highest BCUT2D eigenvalue weighted by Crippen LogP contribution is 2.31. The molecular weight excluding hydrogens is 448 g/mol. The Morgan fingerprint density at radius 3 is 2.82 bits per heavy atom. The molecule has 0 bridgehead atoms. The standard InChI is InChI=1S/C24H42N8OS/c1-6-20(30-15-25)24(34-5)29-10-9-18-7-8-21-19(13-18)14-32(11-12-33-21)23(31-16-26)17(2)22(27-3)28-4/h7,10,19,21,28,30H,3,6,8-9,11-16,25-26H2,1-2,4-5H3/b22-17+,24-20-,29-10-,31-23+. The SMILES string of the molecule is C=N/C(NC)=C(C)\C(=N/CN)N1CCOC2CC=C(C/C=N\C(SC)=C(/CC)NCN)CC2C1. The Bertz CT molecular complexity index is 833. The van der Waals surface area contributed by atoms with Crippen LogP contribution < -0.4 is 22.1 Å². The van der Waals surface area contributed by atoms with Crippen LogP contribution in [0.3, 0.4) is 0 Å². The summed E-state index contributed by atoms with van der Waals surface area (Å²) in [6, 6.07) is 0. The Labute approximate surface area is 209 Å². The van der Waals surface area contributed by atoms with Crippen LogP contribution in [0, 0.1) is 5.92 Å². The van der Waals surface area contributed by atoms with Crippen LogP contribution in [-0.2, 0) is 4.74 Å². The average molecular weight is 491 g/mol. The summed E-state index contributed by atoms with van der Waals surface area (Å²) < 4.78 is 6.24. The minimum absolute atomic E-state index is 0.220. The number of nitrogens with zero attached hydrogens (tertiary/aromatic N) is 4. The van der Waals surface area contributed by atoms with E-state index in [-0.39, 0.29) is 12.8 Å². The lowest BCUT2D eigenvalue weighted by atomic mass is 9.85. The van der Waals surface area contributed by atoms with Gasteiger partial charge in [-0.15, -0.1) is 11.8 Å². The zero-order chi connectivity index (χ0) is 24.9. The molecule has 1 aliphatic carbocycles. The minimum atomic E-state index is 0.220. The number of hydrogen-bond acceptors (Lipinski definition) is 9. The number of nitrogens with one attached hydrogen (secondary N) is 2. The van der Waals surface area contributed by atoms with E-state index in [0.717, 1.165) is 60.9 Å². The fourth-order valence-electron chi connectivity index (χ4n) is 4.47. The molecule has 2 atom stereocenters. The van der Waals surface area contributed by atoms with Crippen molar-refractivity contribution in [2.24, 2.45) is 32.4 Å². The zero-order valence-electron chi connectivity index (χ0n) is 21.1. The van der Waals surface area contributed by atoms with E-state index in [4.69, 9.17) is 21.2 Å². The predicted molar refractivity (Wildman–Crippen MR) is 146 cm³/mol. The summed E-state index contributed by atoms with van der Waals surface area (Å²) in [4.78, 5) is 15.7. The van der Waals surface area contributed by atoms with Gasteiger partial charge in [0, 0.05) is 50.0 Å². The molecule has 2 unspecified atom stereocenters. The largest absolute Gasteiger partial charge is 0.376 e. The van der Waals surface area contributed by atoms with Crippen molar-refractivity contribution in [2.45, 2.75) is 45.6 Å². The topological polar surface area (TPSA) is 126 Å². The summed E-state index contributed by atoms with van der Waals surface area (Å²) in [5, 5.41) is 7.30. The van der Waals surface area contributed by atoms with E-state index in [1.54, 1.807) is 11.8 Å². The average Bonchev–Trinajstić information content (AvgIpc) is 3.06. The summed E-state index contributed by atoms with van der Waals surface area (Å²) >= 11 is 1.64. The molecule has 0 saturated carbocycles. The first-order valence-electron chi connectivity index (χ1n) is 11.9. The second-order valence-corrected chi connectivity index (χ2v) is 9.00. The first kappa shape index (κ1) is 28.1. The molecule has 190 valence electrons. The number of rotatable bonds is 11.